The zero-order valence-electron chi connectivity index (χ0n) is 9.89. The number of benzene rings is 1. The van der Waals surface area contributed by atoms with Gasteiger partial charge >= 0.3 is 0 Å². The molecule has 0 radical (unpaired) electrons. The fraction of sp³-hybridized carbons (Fsp3) is 0.357. The van der Waals surface area contributed by atoms with Crippen LogP contribution in [-0.4, -0.2) is 11.0 Å². The topological polar surface area (TPSA) is 38.1 Å². The normalized spacial score (nSPS) is 23.1. The molecule has 3 rings (SSSR count). The van der Waals surface area contributed by atoms with Gasteiger partial charge in [0.25, 0.3) is 0 Å². The number of nitrogens with one attached hydrogen (secondary N) is 1. The summed E-state index contributed by atoms with van der Waals surface area (Å²) < 4.78 is 5.26. The van der Waals surface area contributed by atoms with Crippen molar-refractivity contribution in [2.75, 3.05) is 5.32 Å². The van der Waals surface area contributed by atoms with Crippen LogP contribution in [0.3, 0.4) is 0 Å². The quantitative estimate of drug-likeness (QED) is 0.873. The highest BCUT2D eigenvalue weighted by Crippen LogP contribution is 2.30. The number of anilines is 1. The second-order valence-corrected chi connectivity index (χ2v) is 4.86. The van der Waals surface area contributed by atoms with Crippen LogP contribution in [0.1, 0.15) is 19.8 Å². The molecule has 1 aromatic heterocycles. The first-order valence-corrected chi connectivity index (χ1v) is 6.07. The molecule has 0 unspecified atom stereocenters. The molecule has 1 saturated carbocycles. The van der Waals surface area contributed by atoms with Crippen LogP contribution >= 0.6 is 0 Å². The van der Waals surface area contributed by atoms with Gasteiger partial charge in [-0.05, 0) is 43.0 Å². The first-order valence-electron chi connectivity index (χ1n) is 6.07. The van der Waals surface area contributed by atoms with E-state index in [2.05, 4.69) is 41.5 Å². The smallest absolute Gasteiger partial charge is 0.181 e. The Balaban J connectivity index is 1.68. The number of oxazole rings is 1. The van der Waals surface area contributed by atoms with Crippen LogP contribution in [0.5, 0.6) is 0 Å². The second-order valence-electron chi connectivity index (χ2n) is 4.86. The highest BCUT2D eigenvalue weighted by Gasteiger charge is 2.24. The largest absolute Gasteiger partial charge is 0.444 e. The lowest BCUT2D eigenvalue weighted by Crippen LogP contribution is -2.33. The molecule has 1 aliphatic rings. The number of rotatable bonds is 3. The third-order valence-electron chi connectivity index (χ3n) is 3.35. The van der Waals surface area contributed by atoms with E-state index in [1.807, 2.05) is 0 Å². The fourth-order valence-electron chi connectivity index (χ4n) is 2.34. The minimum absolute atomic E-state index is 0.654. The van der Waals surface area contributed by atoms with Crippen molar-refractivity contribution in [2.24, 2.45) is 5.92 Å². The van der Waals surface area contributed by atoms with Gasteiger partial charge in [0.2, 0.25) is 0 Å². The van der Waals surface area contributed by atoms with Gasteiger partial charge in [0.15, 0.2) is 12.2 Å². The molecule has 0 amide bonds. The highest BCUT2D eigenvalue weighted by molar-refractivity contribution is 5.60. The number of nitrogens with zero attached hydrogens (tertiary/aromatic N) is 1. The van der Waals surface area contributed by atoms with Gasteiger partial charge in [-0.25, -0.2) is 4.98 Å². The van der Waals surface area contributed by atoms with Gasteiger partial charge in [0.05, 0.1) is 6.20 Å². The van der Waals surface area contributed by atoms with Crippen molar-refractivity contribution in [3.8, 4) is 11.3 Å². The molecular weight excluding hydrogens is 212 g/mol. The van der Waals surface area contributed by atoms with E-state index in [0.717, 1.165) is 17.2 Å². The van der Waals surface area contributed by atoms with Crippen molar-refractivity contribution in [2.45, 2.75) is 25.8 Å². The van der Waals surface area contributed by atoms with Crippen molar-refractivity contribution in [3.05, 3.63) is 36.9 Å². The molecule has 17 heavy (non-hydrogen) atoms. The zero-order valence-corrected chi connectivity index (χ0v) is 9.89. The summed E-state index contributed by atoms with van der Waals surface area (Å²) in [6, 6.07) is 8.97. The lowest BCUT2D eigenvalue weighted by molar-refractivity contribution is 0.309. The molecule has 0 bridgehead atoms. The fourth-order valence-corrected chi connectivity index (χ4v) is 2.34. The zero-order chi connectivity index (χ0) is 11.7. The van der Waals surface area contributed by atoms with Crippen LogP contribution in [0.2, 0.25) is 0 Å². The summed E-state index contributed by atoms with van der Waals surface area (Å²) in [5.74, 6) is 1.69. The van der Waals surface area contributed by atoms with Crippen molar-refractivity contribution in [1.29, 1.82) is 0 Å². The highest BCUT2D eigenvalue weighted by atomic mass is 16.3. The van der Waals surface area contributed by atoms with Gasteiger partial charge in [-0.3, -0.25) is 0 Å². The summed E-state index contributed by atoms with van der Waals surface area (Å²) in [6.07, 6.45) is 5.75. The van der Waals surface area contributed by atoms with E-state index in [9.17, 15) is 0 Å². The molecule has 2 aromatic rings. The van der Waals surface area contributed by atoms with E-state index in [0.29, 0.717) is 6.04 Å². The third kappa shape index (κ3) is 2.18. The average molecular weight is 228 g/mol. The summed E-state index contributed by atoms with van der Waals surface area (Å²) in [6.45, 7) is 2.30. The Morgan fingerprint density at radius 1 is 1.24 bits per heavy atom. The average Bonchev–Trinajstić information content (AvgIpc) is 2.81. The Hall–Kier alpha value is -1.77. The number of aromatic nitrogens is 1. The molecule has 0 aliphatic heterocycles. The van der Waals surface area contributed by atoms with Gasteiger partial charge < -0.3 is 9.73 Å². The summed E-state index contributed by atoms with van der Waals surface area (Å²) in [5, 5.41) is 3.54. The monoisotopic (exact) mass is 228 g/mol. The Bertz CT molecular complexity index is 469. The maximum atomic E-state index is 5.26. The Kier molecular flexibility index (Phi) is 2.59. The standard InChI is InChI=1S/C14H16N2O/c1-10-6-13(7-10)16-12-4-2-11(3-5-12)14-8-15-9-17-14/h2-5,8-10,13,16H,6-7H2,1H3. The molecule has 0 atom stereocenters. The van der Waals surface area contributed by atoms with E-state index < -0.39 is 0 Å². The minimum Gasteiger partial charge on any atom is -0.444 e. The predicted octanol–water partition coefficient (Wildman–Crippen LogP) is 3.55. The van der Waals surface area contributed by atoms with Crippen molar-refractivity contribution < 1.29 is 4.42 Å². The second kappa shape index (κ2) is 4.24. The van der Waals surface area contributed by atoms with Crippen LogP contribution in [0.4, 0.5) is 5.69 Å². The molecule has 1 fully saturated rings. The Morgan fingerprint density at radius 3 is 2.59 bits per heavy atom. The first kappa shape index (κ1) is 10.4. The van der Waals surface area contributed by atoms with E-state index in [4.69, 9.17) is 4.42 Å². The Labute approximate surface area is 101 Å². The summed E-state index contributed by atoms with van der Waals surface area (Å²) >= 11 is 0. The van der Waals surface area contributed by atoms with Crippen LogP contribution < -0.4 is 5.32 Å². The molecule has 1 aliphatic carbocycles. The SMILES string of the molecule is CC1CC(Nc2ccc(-c3cnco3)cc2)C1. The van der Waals surface area contributed by atoms with E-state index >= 15 is 0 Å². The maximum absolute atomic E-state index is 5.26. The molecule has 3 nitrogen and oxygen atoms in total. The maximum Gasteiger partial charge on any atom is 0.181 e. The lowest BCUT2D eigenvalue weighted by atomic mass is 9.82. The van der Waals surface area contributed by atoms with Gasteiger partial charge in [-0.1, -0.05) is 6.92 Å². The van der Waals surface area contributed by atoms with Crippen molar-refractivity contribution in [1.82, 2.24) is 4.98 Å². The van der Waals surface area contributed by atoms with Crippen LogP contribution in [0.25, 0.3) is 11.3 Å². The van der Waals surface area contributed by atoms with Crippen molar-refractivity contribution in [3.63, 3.8) is 0 Å². The number of hydrogen-bond donors (Lipinski definition) is 1. The lowest BCUT2D eigenvalue weighted by Gasteiger charge is -2.34. The van der Waals surface area contributed by atoms with Crippen LogP contribution in [0.15, 0.2) is 41.3 Å². The molecule has 3 heteroatoms. The van der Waals surface area contributed by atoms with Gasteiger partial charge in [-0.2, -0.15) is 0 Å². The summed E-state index contributed by atoms with van der Waals surface area (Å²) in [7, 11) is 0. The van der Waals surface area contributed by atoms with Gasteiger partial charge in [-0.15, -0.1) is 0 Å². The van der Waals surface area contributed by atoms with E-state index in [1.54, 1.807) is 6.20 Å². The molecule has 1 aromatic carbocycles. The van der Waals surface area contributed by atoms with Gasteiger partial charge in [0.1, 0.15) is 0 Å². The predicted molar refractivity (Wildman–Crippen MR) is 67.7 cm³/mol. The molecule has 0 spiro atoms. The van der Waals surface area contributed by atoms with Crippen LogP contribution in [0, 0.1) is 5.92 Å². The number of hydrogen-bond acceptors (Lipinski definition) is 3. The van der Waals surface area contributed by atoms with Crippen LogP contribution in [-0.2, 0) is 0 Å². The summed E-state index contributed by atoms with van der Waals surface area (Å²) in [4.78, 5) is 3.92. The third-order valence-corrected chi connectivity index (χ3v) is 3.35. The minimum atomic E-state index is 0.654. The molecular formula is C14H16N2O. The van der Waals surface area contributed by atoms with E-state index in [1.165, 1.54) is 24.9 Å². The molecule has 1 N–H and O–H groups in total. The molecule has 0 saturated heterocycles. The van der Waals surface area contributed by atoms with Crippen molar-refractivity contribution >= 4 is 5.69 Å². The van der Waals surface area contributed by atoms with Gasteiger partial charge in [0, 0.05) is 17.3 Å². The summed E-state index contributed by atoms with van der Waals surface area (Å²) in [5.41, 5.74) is 2.25. The first-order chi connectivity index (χ1) is 8.31. The molecule has 1 heterocycles. The molecule has 88 valence electrons. The Morgan fingerprint density at radius 2 is 2.00 bits per heavy atom. The van der Waals surface area contributed by atoms with E-state index in [-0.39, 0.29) is 0 Å².